The van der Waals surface area contributed by atoms with Crippen LogP contribution in [-0.2, 0) is 0 Å². The molecule has 3 aromatic rings. The standard InChI is InChI=1S/C10H7BrN4/c11-7-2-4-15-10(5-7)8(6-13-15)9-1-3-12-14-9/h1-6H,(H,12,14). The van der Waals surface area contributed by atoms with Crippen LogP contribution >= 0.6 is 15.9 Å². The van der Waals surface area contributed by atoms with Crippen LogP contribution in [0.15, 0.2) is 41.3 Å². The molecule has 15 heavy (non-hydrogen) atoms. The average Bonchev–Trinajstić information content (AvgIpc) is 2.83. The van der Waals surface area contributed by atoms with Crippen molar-refractivity contribution < 1.29 is 0 Å². The third-order valence-electron chi connectivity index (χ3n) is 2.27. The third-order valence-corrected chi connectivity index (χ3v) is 2.77. The smallest absolute Gasteiger partial charge is 0.0766 e. The second kappa shape index (κ2) is 3.20. The number of H-pyrrole nitrogens is 1. The number of nitrogens with one attached hydrogen (secondary N) is 1. The number of hydrogen-bond acceptors (Lipinski definition) is 2. The molecule has 4 nitrogen and oxygen atoms in total. The summed E-state index contributed by atoms with van der Waals surface area (Å²) in [5.41, 5.74) is 3.07. The van der Waals surface area contributed by atoms with Crippen molar-refractivity contribution in [3.8, 4) is 11.3 Å². The molecule has 0 bridgehead atoms. The zero-order chi connectivity index (χ0) is 10.3. The van der Waals surface area contributed by atoms with Crippen molar-refractivity contribution >= 4 is 21.4 Å². The van der Waals surface area contributed by atoms with Crippen LogP contribution in [0.25, 0.3) is 16.8 Å². The maximum Gasteiger partial charge on any atom is 0.0766 e. The van der Waals surface area contributed by atoms with Crippen molar-refractivity contribution in [3.63, 3.8) is 0 Å². The van der Waals surface area contributed by atoms with Gasteiger partial charge in [0.05, 0.1) is 17.4 Å². The van der Waals surface area contributed by atoms with Gasteiger partial charge in [-0.25, -0.2) is 4.52 Å². The Bertz CT molecular complexity index is 597. The third kappa shape index (κ3) is 1.35. The largest absolute Gasteiger partial charge is 0.278 e. The highest BCUT2D eigenvalue weighted by Crippen LogP contribution is 2.24. The van der Waals surface area contributed by atoms with E-state index in [0.29, 0.717) is 0 Å². The van der Waals surface area contributed by atoms with Gasteiger partial charge in [-0.2, -0.15) is 10.2 Å². The summed E-state index contributed by atoms with van der Waals surface area (Å²) in [6.07, 6.45) is 5.48. The van der Waals surface area contributed by atoms with Gasteiger partial charge < -0.3 is 0 Å². The summed E-state index contributed by atoms with van der Waals surface area (Å²) in [4.78, 5) is 0. The van der Waals surface area contributed by atoms with Crippen LogP contribution in [0.1, 0.15) is 0 Å². The minimum Gasteiger partial charge on any atom is -0.278 e. The van der Waals surface area contributed by atoms with Crippen LogP contribution in [0.5, 0.6) is 0 Å². The molecule has 0 radical (unpaired) electrons. The SMILES string of the molecule is Brc1ccn2ncc(-c3ccn[nH]3)c2c1. The quantitative estimate of drug-likeness (QED) is 0.733. The first kappa shape index (κ1) is 8.67. The highest BCUT2D eigenvalue weighted by Gasteiger charge is 2.07. The van der Waals surface area contributed by atoms with Crippen LogP contribution in [-0.4, -0.2) is 19.8 Å². The van der Waals surface area contributed by atoms with E-state index < -0.39 is 0 Å². The number of aromatic nitrogens is 4. The van der Waals surface area contributed by atoms with Gasteiger partial charge in [0.15, 0.2) is 0 Å². The van der Waals surface area contributed by atoms with Gasteiger partial charge in [-0.1, -0.05) is 15.9 Å². The monoisotopic (exact) mass is 262 g/mol. The molecule has 0 unspecified atom stereocenters. The minimum absolute atomic E-state index is 0.975. The van der Waals surface area contributed by atoms with Gasteiger partial charge in [-0.05, 0) is 18.2 Å². The molecule has 0 atom stereocenters. The fraction of sp³-hybridized carbons (Fsp3) is 0. The topological polar surface area (TPSA) is 46.0 Å². The first-order valence-electron chi connectivity index (χ1n) is 4.47. The molecule has 1 N–H and O–H groups in total. The lowest BCUT2D eigenvalue weighted by atomic mass is 10.2. The highest BCUT2D eigenvalue weighted by molar-refractivity contribution is 9.10. The van der Waals surface area contributed by atoms with E-state index >= 15 is 0 Å². The number of rotatable bonds is 1. The molecule has 0 aliphatic carbocycles. The van der Waals surface area contributed by atoms with Crippen LogP contribution in [0.3, 0.4) is 0 Å². The van der Waals surface area contributed by atoms with E-state index in [1.807, 2.05) is 35.1 Å². The molecular weight excluding hydrogens is 256 g/mol. The fourth-order valence-corrected chi connectivity index (χ4v) is 1.90. The molecule has 0 fully saturated rings. The number of halogens is 1. The van der Waals surface area contributed by atoms with Crippen molar-refractivity contribution in [2.45, 2.75) is 0 Å². The number of hydrogen-bond donors (Lipinski definition) is 1. The predicted octanol–water partition coefficient (Wildman–Crippen LogP) is 2.49. The van der Waals surface area contributed by atoms with Gasteiger partial charge in [0.2, 0.25) is 0 Å². The Morgan fingerprint density at radius 3 is 3.07 bits per heavy atom. The number of pyridine rings is 1. The van der Waals surface area contributed by atoms with E-state index in [2.05, 4.69) is 31.2 Å². The Morgan fingerprint density at radius 1 is 1.33 bits per heavy atom. The van der Waals surface area contributed by atoms with E-state index in [1.54, 1.807) is 6.20 Å². The van der Waals surface area contributed by atoms with E-state index in [4.69, 9.17) is 0 Å². The molecule has 0 saturated carbocycles. The molecule has 3 aromatic heterocycles. The summed E-state index contributed by atoms with van der Waals surface area (Å²) >= 11 is 3.45. The molecule has 3 rings (SSSR count). The van der Waals surface area contributed by atoms with Crippen LogP contribution in [0.4, 0.5) is 0 Å². The predicted molar refractivity (Wildman–Crippen MR) is 60.5 cm³/mol. The van der Waals surface area contributed by atoms with Gasteiger partial charge in [-0.15, -0.1) is 0 Å². The van der Waals surface area contributed by atoms with Gasteiger partial charge in [0.25, 0.3) is 0 Å². The summed E-state index contributed by atoms with van der Waals surface area (Å²) < 4.78 is 2.87. The highest BCUT2D eigenvalue weighted by atomic mass is 79.9. The summed E-state index contributed by atoms with van der Waals surface area (Å²) in [6.45, 7) is 0. The molecule has 0 aliphatic rings. The molecule has 3 heterocycles. The normalized spacial score (nSPS) is 11.0. The molecule has 5 heteroatoms. The van der Waals surface area contributed by atoms with Crippen molar-refractivity contribution in [2.75, 3.05) is 0 Å². The lowest BCUT2D eigenvalue weighted by Gasteiger charge is -1.96. The van der Waals surface area contributed by atoms with Crippen LogP contribution < -0.4 is 0 Å². The number of nitrogens with zero attached hydrogens (tertiary/aromatic N) is 3. The molecule has 74 valence electrons. The van der Waals surface area contributed by atoms with Gasteiger partial charge in [-0.3, -0.25) is 5.10 Å². The Kier molecular flexibility index (Phi) is 1.85. The first-order chi connectivity index (χ1) is 7.34. The number of fused-ring (bicyclic) bond motifs is 1. The first-order valence-corrected chi connectivity index (χ1v) is 5.26. The fourth-order valence-electron chi connectivity index (χ4n) is 1.57. The molecule has 0 aromatic carbocycles. The van der Waals surface area contributed by atoms with Gasteiger partial charge in [0.1, 0.15) is 0 Å². The van der Waals surface area contributed by atoms with Crippen LogP contribution in [0, 0.1) is 0 Å². The molecule has 0 spiro atoms. The van der Waals surface area contributed by atoms with Gasteiger partial charge in [0, 0.05) is 22.4 Å². The summed E-state index contributed by atoms with van der Waals surface area (Å²) in [5, 5.41) is 11.1. The number of aromatic amines is 1. The Balaban J connectivity index is 2.32. The molecule has 0 amide bonds. The lowest BCUT2D eigenvalue weighted by molar-refractivity contribution is 0.959. The van der Waals surface area contributed by atoms with Crippen molar-refractivity contribution in [1.82, 2.24) is 19.8 Å². The van der Waals surface area contributed by atoms with Crippen molar-refractivity contribution in [2.24, 2.45) is 0 Å². The average molecular weight is 263 g/mol. The van der Waals surface area contributed by atoms with Crippen molar-refractivity contribution in [1.29, 1.82) is 0 Å². The second-order valence-corrected chi connectivity index (χ2v) is 4.12. The minimum atomic E-state index is 0.975. The summed E-state index contributed by atoms with van der Waals surface area (Å²) in [7, 11) is 0. The summed E-state index contributed by atoms with van der Waals surface area (Å²) in [6, 6.07) is 5.91. The maximum absolute atomic E-state index is 4.26. The lowest BCUT2D eigenvalue weighted by Crippen LogP contribution is -1.85. The van der Waals surface area contributed by atoms with Crippen LogP contribution in [0.2, 0.25) is 0 Å². The van der Waals surface area contributed by atoms with E-state index in [-0.39, 0.29) is 0 Å². The molecule has 0 saturated heterocycles. The molecular formula is C10H7BrN4. The zero-order valence-corrected chi connectivity index (χ0v) is 9.27. The second-order valence-electron chi connectivity index (χ2n) is 3.20. The van der Waals surface area contributed by atoms with Gasteiger partial charge >= 0.3 is 0 Å². The Morgan fingerprint density at radius 2 is 2.27 bits per heavy atom. The Hall–Kier alpha value is -1.62. The maximum atomic E-state index is 4.26. The van der Waals surface area contributed by atoms with Crippen molar-refractivity contribution in [3.05, 3.63) is 41.3 Å². The Labute approximate surface area is 94.1 Å². The summed E-state index contributed by atoms with van der Waals surface area (Å²) in [5.74, 6) is 0. The zero-order valence-electron chi connectivity index (χ0n) is 7.68. The van der Waals surface area contributed by atoms with E-state index in [1.165, 1.54) is 0 Å². The molecule has 0 aliphatic heterocycles. The van der Waals surface area contributed by atoms with E-state index in [0.717, 1.165) is 21.2 Å². The van der Waals surface area contributed by atoms with E-state index in [9.17, 15) is 0 Å².